The van der Waals surface area contributed by atoms with E-state index < -0.39 is 52.9 Å². The van der Waals surface area contributed by atoms with E-state index in [0.29, 0.717) is 0 Å². The molecule has 1 atom stereocenters. The molecule has 112 valence electrons. The Hall–Kier alpha value is -0.810. The number of alkyl halides is 9. The summed E-state index contributed by atoms with van der Waals surface area (Å²) in [5, 5.41) is -2.61. The van der Waals surface area contributed by atoms with Gasteiger partial charge in [-0.05, 0) is 0 Å². The van der Waals surface area contributed by atoms with Crippen molar-refractivity contribution in [1.29, 1.82) is 0 Å². The van der Waals surface area contributed by atoms with Crippen LogP contribution >= 0.6 is 11.8 Å². The van der Waals surface area contributed by atoms with Crippen molar-refractivity contribution in [1.82, 2.24) is 0 Å². The van der Waals surface area contributed by atoms with E-state index in [1.165, 1.54) is 0 Å². The Morgan fingerprint density at radius 2 is 1.42 bits per heavy atom. The van der Waals surface area contributed by atoms with Crippen molar-refractivity contribution in [2.75, 3.05) is 0 Å². The maximum absolute atomic E-state index is 12.4. The first-order valence-electron chi connectivity index (χ1n) is 4.30. The van der Waals surface area contributed by atoms with Crippen LogP contribution in [0, 0.1) is 0 Å². The summed E-state index contributed by atoms with van der Waals surface area (Å²) in [7, 11) is 0. The van der Waals surface area contributed by atoms with Gasteiger partial charge in [0.2, 0.25) is 0 Å². The Labute approximate surface area is 103 Å². The number of halogens is 9. The molecule has 0 unspecified atom stereocenters. The van der Waals surface area contributed by atoms with E-state index in [1.54, 1.807) is 0 Å². The van der Waals surface area contributed by atoms with E-state index in [-0.39, 0.29) is 0 Å². The van der Waals surface area contributed by atoms with E-state index in [0.717, 1.165) is 0 Å². The van der Waals surface area contributed by atoms with Crippen molar-refractivity contribution < 1.29 is 49.0 Å². The molecule has 0 amide bonds. The highest BCUT2D eigenvalue weighted by Gasteiger charge is 2.79. The summed E-state index contributed by atoms with van der Waals surface area (Å²) in [6, 6.07) is 0. The molecule has 0 aromatic heterocycles. The standard InChI is InChI=1S/C7H3F9O2S/c8-4(9,10)1-2-3(17)18-5(19-2,6(11,12)13)7(14,15)16/h2H,1H2/t2-/m1/s1. The number of carbonyl (C=O) groups is 1. The molecular formula is C7H3F9O2S. The van der Waals surface area contributed by atoms with Crippen LogP contribution in [0.4, 0.5) is 39.5 Å². The van der Waals surface area contributed by atoms with E-state index in [9.17, 15) is 44.3 Å². The summed E-state index contributed by atoms with van der Waals surface area (Å²) in [4.78, 5) is 5.87. The van der Waals surface area contributed by atoms with Crippen molar-refractivity contribution in [2.45, 2.75) is 35.1 Å². The third kappa shape index (κ3) is 3.03. The summed E-state index contributed by atoms with van der Waals surface area (Å²) >= 11 is -1.23. The summed E-state index contributed by atoms with van der Waals surface area (Å²) in [5.41, 5.74) is 0. The molecule has 0 spiro atoms. The molecule has 1 saturated heterocycles. The predicted molar refractivity (Wildman–Crippen MR) is 43.0 cm³/mol. The lowest BCUT2D eigenvalue weighted by molar-refractivity contribution is -0.327. The summed E-state index contributed by atoms with van der Waals surface area (Å²) in [6.45, 7) is 0. The van der Waals surface area contributed by atoms with Crippen molar-refractivity contribution in [2.24, 2.45) is 0 Å². The molecule has 2 nitrogen and oxygen atoms in total. The fourth-order valence-electron chi connectivity index (χ4n) is 1.23. The van der Waals surface area contributed by atoms with Gasteiger partial charge in [-0.25, -0.2) is 0 Å². The van der Waals surface area contributed by atoms with Gasteiger partial charge in [-0.2, -0.15) is 39.5 Å². The molecular weight excluding hydrogens is 319 g/mol. The average Bonchev–Trinajstić information content (AvgIpc) is 2.39. The molecule has 1 fully saturated rings. The Morgan fingerprint density at radius 1 is 1.00 bits per heavy atom. The lowest BCUT2D eigenvalue weighted by Crippen LogP contribution is -2.54. The van der Waals surface area contributed by atoms with Crippen LogP contribution in [0.1, 0.15) is 6.42 Å². The normalized spacial score (nSPS) is 24.5. The maximum Gasteiger partial charge on any atom is 0.448 e. The van der Waals surface area contributed by atoms with Crippen LogP contribution in [0.25, 0.3) is 0 Å². The monoisotopic (exact) mass is 322 g/mol. The summed E-state index contributed by atoms with van der Waals surface area (Å²) in [6.07, 6.45) is -19.4. The molecule has 0 bridgehead atoms. The van der Waals surface area contributed by atoms with Crippen molar-refractivity contribution in [3.63, 3.8) is 0 Å². The van der Waals surface area contributed by atoms with Crippen LogP contribution in [-0.2, 0) is 9.53 Å². The SMILES string of the molecule is O=C1OC(C(F)(F)F)(C(F)(F)F)S[C@@H]1CC(F)(F)F. The van der Waals surface area contributed by atoms with Crippen LogP contribution in [0.15, 0.2) is 0 Å². The van der Waals surface area contributed by atoms with E-state index >= 15 is 0 Å². The number of cyclic esters (lactones) is 1. The second-order valence-electron chi connectivity index (χ2n) is 3.46. The number of hydrogen-bond acceptors (Lipinski definition) is 3. The number of rotatable bonds is 1. The van der Waals surface area contributed by atoms with Gasteiger partial charge in [-0.1, -0.05) is 11.8 Å². The molecule has 0 radical (unpaired) electrons. The van der Waals surface area contributed by atoms with Crippen LogP contribution < -0.4 is 0 Å². The topological polar surface area (TPSA) is 26.3 Å². The van der Waals surface area contributed by atoms with E-state index in [4.69, 9.17) is 0 Å². The molecule has 19 heavy (non-hydrogen) atoms. The first-order valence-corrected chi connectivity index (χ1v) is 5.18. The average molecular weight is 322 g/mol. The number of hydrogen-bond donors (Lipinski definition) is 0. The molecule has 1 heterocycles. The van der Waals surface area contributed by atoms with E-state index in [1.807, 2.05) is 0 Å². The Balaban J connectivity index is 3.11. The molecule has 1 aliphatic heterocycles. The zero-order valence-electron chi connectivity index (χ0n) is 8.41. The minimum Gasteiger partial charge on any atom is -0.428 e. The first-order chi connectivity index (χ1) is 8.20. The summed E-state index contributed by atoms with van der Waals surface area (Å²) < 4.78 is 113. The highest BCUT2D eigenvalue weighted by Crippen LogP contribution is 2.58. The molecule has 0 N–H and O–H groups in total. The smallest absolute Gasteiger partial charge is 0.428 e. The molecule has 12 heteroatoms. The van der Waals surface area contributed by atoms with Gasteiger partial charge in [0, 0.05) is 0 Å². The van der Waals surface area contributed by atoms with Crippen LogP contribution in [0.3, 0.4) is 0 Å². The number of thioether (sulfide) groups is 1. The first kappa shape index (κ1) is 16.2. The van der Waals surface area contributed by atoms with Gasteiger partial charge in [0.15, 0.2) is 0 Å². The quantitative estimate of drug-likeness (QED) is 0.547. The van der Waals surface area contributed by atoms with Crippen LogP contribution in [0.5, 0.6) is 0 Å². The predicted octanol–water partition coefficient (Wildman–Crippen LogP) is 3.42. The Morgan fingerprint density at radius 3 is 1.68 bits per heavy atom. The van der Waals surface area contributed by atoms with Gasteiger partial charge >= 0.3 is 29.4 Å². The molecule has 1 aliphatic rings. The largest absolute Gasteiger partial charge is 0.448 e. The zero-order valence-corrected chi connectivity index (χ0v) is 9.23. The third-order valence-corrected chi connectivity index (χ3v) is 3.50. The van der Waals surface area contributed by atoms with Gasteiger partial charge in [0.25, 0.3) is 0 Å². The second kappa shape index (κ2) is 4.35. The minimum atomic E-state index is -6.08. The van der Waals surface area contributed by atoms with Gasteiger partial charge in [0.1, 0.15) is 5.25 Å². The molecule has 0 saturated carbocycles. The maximum atomic E-state index is 12.4. The van der Waals surface area contributed by atoms with Crippen molar-refractivity contribution >= 4 is 17.7 Å². The highest BCUT2D eigenvalue weighted by molar-refractivity contribution is 8.02. The number of esters is 1. The van der Waals surface area contributed by atoms with Crippen molar-refractivity contribution in [3.8, 4) is 0 Å². The van der Waals surface area contributed by atoms with Gasteiger partial charge in [-0.15, -0.1) is 0 Å². The van der Waals surface area contributed by atoms with Gasteiger partial charge in [0.05, 0.1) is 6.42 Å². The lowest BCUT2D eigenvalue weighted by atomic mass is 10.3. The molecule has 0 aliphatic carbocycles. The molecule has 0 aromatic carbocycles. The van der Waals surface area contributed by atoms with Crippen LogP contribution in [-0.4, -0.2) is 34.7 Å². The second-order valence-corrected chi connectivity index (χ2v) is 4.84. The fourth-order valence-corrected chi connectivity index (χ4v) is 2.44. The van der Waals surface area contributed by atoms with Crippen LogP contribution in [0.2, 0.25) is 0 Å². The number of ether oxygens (including phenoxy) is 1. The van der Waals surface area contributed by atoms with Gasteiger partial charge < -0.3 is 4.74 Å². The lowest BCUT2D eigenvalue weighted by Gasteiger charge is -2.30. The third-order valence-electron chi connectivity index (χ3n) is 1.98. The summed E-state index contributed by atoms with van der Waals surface area (Å²) in [5.74, 6) is -2.20. The van der Waals surface area contributed by atoms with Gasteiger partial charge in [-0.3, -0.25) is 4.79 Å². The number of carbonyl (C=O) groups excluding carboxylic acids is 1. The molecule has 0 aromatic rings. The molecule has 1 rings (SSSR count). The Kier molecular flexibility index (Phi) is 3.72. The van der Waals surface area contributed by atoms with E-state index in [2.05, 4.69) is 4.74 Å². The van der Waals surface area contributed by atoms with Crippen molar-refractivity contribution in [3.05, 3.63) is 0 Å². The Bertz CT molecular complexity index is 354. The minimum absolute atomic E-state index is 1.23. The fraction of sp³-hybridized carbons (Fsp3) is 0.857. The zero-order chi connectivity index (χ0) is 15.3. The highest BCUT2D eigenvalue weighted by atomic mass is 32.2.